The van der Waals surface area contributed by atoms with Gasteiger partial charge in [0.25, 0.3) is 0 Å². The lowest BCUT2D eigenvalue weighted by Gasteiger charge is -2.39. The van der Waals surface area contributed by atoms with Crippen LogP contribution in [0.2, 0.25) is 0 Å². The summed E-state index contributed by atoms with van der Waals surface area (Å²) in [5.41, 5.74) is 3.05. The van der Waals surface area contributed by atoms with E-state index in [2.05, 4.69) is 24.0 Å². The monoisotopic (exact) mass is 358 g/mol. The van der Waals surface area contributed by atoms with Crippen molar-refractivity contribution in [3.05, 3.63) is 65.2 Å². The molecule has 1 fully saturated rings. The molecule has 1 unspecified atom stereocenters. The van der Waals surface area contributed by atoms with Crippen molar-refractivity contribution in [3.8, 4) is 0 Å². The lowest BCUT2D eigenvalue weighted by molar-refractivity contribution is 0.122. The fourth-order valence-corrected chi connectivity index (χ4v) is 5.18. The molecule has 2 aromatic carbocycles. The SMILES string of the molecule is Cc1ccc(C)c(S(=O)(=O)N2CCN(Cc3ccccc3)C(C)C2)c1. The maximum Gasteiger partial charge on any atom is 0.243 e. The third-order valence-electron chi connectivity index (χ3n) is 4.92. The summed E-state index contributed by atoms with van der Waals surface area (Å²) in [5.74, 6) is 0. The molecule has 134 valence electrons. The van der Waals surface area contributed by atoms with Crippen molar-refractivity contribution in [1.82, 2.24) is 9.21 Å². The van der Waals surface area contributed by atoms with E-state index in [0.717, 1.165) is 24.2 Å². The van der Waals surface area contributed by atoms with Gasteiger partial charge in [-0.2, -0.15) is 4.31 Å². The Morgan fingerprint density at radius 1 is 1.04 bits per heavy atom. The fraction of sp³-hybridized carbons (Fsp3) is 0.400. The molecule has 0 aromatic heterocycles. The lowest BCUT2D eigenvalue weighted by Crippen LogP contribution is -2.53. The van der Waals surface area contributed by atoms with Crippen molar-refractivity contribution in [3.63, 3.8) is 0 Å². The van der Waals surface area contributed by atoms with Crippen LogP contribution in [-0.2, 0) is 16.6 Å². The number of nitrogens with zero attached hydrogens (tertiary/aromatic N) is 2. The molecule has 1 heterocycles. The molecule has 0 radical (unpaired) electrons. The standard InChI is InChI=1S/C20H26N2O2S/c1-16-9-10-17(2)20(13-16)25(23,24)22-12-11-21(18(3)14-22)15-19-7-5-4-6-8-19/h4-10,13,18H,11-12,14-15H2,1-3H3. The summed E-state index contributed by atoms with van der Waals surface area (Å²) < 4.78 is 27.8. The summed E-state index contributed by atoms with van der Waals surface area (Å²) in [6.07, 6.45) is 0. The van der Waals surface area contributed by atoms with E-state index in [-0.39, 0.29) is 6.04 Å². The molecule has 4 nitrogen and oxygen atoms in total. The van der Waals surface area contributed by atoms with Gasteiger partial charge in [-0.3, -0.25) is 4.90 Å². The third kappa shape index (κ3) is 3.94. The van der Waals surface area contributed by atoms with Gasteiger partial charge >= 0.3 is 0 Å². The van der Waals surface area contributed by atoms with Gasteiger partial charge in [-0.05, 0) is 43.5 Å². The lowest BCUT2D eigenvalue weighted by atomic mass is 10.1. The quantitative estimate of drug-likeness (QED) is 0.843. The van der Waals surface area contributed by atoms with Gasteiger partial charge < -0.3 is 0 Å². The van der Waals surface area contributed by atoms with Crippen molar-refractivity contribution in [2.45, 2.75) is 38.3 Å². The topological polar surface area (TPSA) is 40.6 Å². The normalized spacial score (nSPS) is 19.9. The van der Waals surface area contributed by atoms with Gasteiger partial charge in [-0.25, -0.2) is 8.42 Å². The Balaban J connectivity index is 1.75. The maximum atomic E-state index is 13.1. The van der Waals surface area contributed by atoms with Crippen LogP contribution >= 0.6 is 0 Å². The summed E-state index contributed by atoms with van der Waals surface area (Å²) in [4.78, 5) is 2.79. The van der Waals surface area contributed by atoms with Gasteiger partial charge in [0.2, 0.25) is 10.0 Å². The largest absolute Gasteiger partial charge is 0.294 e. The maximum absolute atomic E-state index is 13.1. The molecule has 1 saturated heterocycles. The van der Waals surface area contributed by atoms with E-state index in [1.165, 1.54) is 5.56 Å². The van der Waals surface area contributed by atoms with Crippen LogP contribution in [-0.4, -0.2) is 43.3 Å². The first-order valence-electron chi connectivity index (χ1n) is 8.73. The Hall–Kier alpha value is -1.69. The molecule has 2 aromatic rings. The second kappa shape index (κ2) is 7.28. The minimum absolute atomic E-state index is 0.189. The van der Waals surface area contributed by atoms with Crippen LogP contribution in [0.3, 0.4) is 0 Å². The highest BCUT2D eigenvalue weighted by molar-refractivity contribution is 7.89. The molecular weight excluding hydrogens is 332 g/mol. The average molecular weight is 359 g/mol. The molecule has 0 amide bonds. The van der Waals surface area contributed by atoms with E-state index < -0.39 is 10.0 Å². The van der Waals surface area contributed by atoms with Crippen LogP contribution in [0.4, 0.5) is 0 Å². The number of sulfonamides is 1. The van der Waals surface area contributed by atoms with E-state index >= 15 is 0 Å². The Kier molecular flexibility index (Phi) is 5.27. The Bertz CT molecular complexity index is 834. The molecule has 0 N–H and O–H groups in total. The molecule has 1 aliphatic heterocycles. The first kappa shape index (κ1) is 18.1. The summed E-state index contributed by atoms with van der Waals surface area (Å²) in [7, 11) is -3.44. The zero-order chi connectivity index (χ0) is 18.0. The molecule has 1 atom stereocenters. The molecule has 25 heavy (non-hydrogen) atoms. The van der Waals surface area contributed by atoms with Gasteiger partial charge in [0.1, 0.15) is 0 Å². The fourth-order valence-electron chi connectivity index (χ4n) is 3.36. The zero-order valence-corrected chi connectivity index (χ0v) is 16.0. The molecule has 0 spiro atoms. The highest BCUT2D eigenvalue weighted by Crippen LogP contribution is 2.24. The Morgan fingerprint density at radius 2 is 1.76 bits per heavy atom. The minimum Gasteiger partial charge on any atom is -0.294 e. The summed E-state index contributed by atoms with van der Waals surface area (Å²) in [6.45, 7) is 8.57. The van der Waals surface area contributed by atoms with E-state index in [0.29, 0.717) is 18.0 Å². The first-order valence-corrected chi connectivity index (χ1v) is 10.2. The van der Waals surface area contributed by atoms with Crippen LogP contribution in [0.1, 0.15) is 23.6 Å². The zero-order valence-electron chi connectivity index (χ0n) is 15.1. The van der Waals surface area contributed by atoms with E-state index in [1.54, 1.807) is 10.4 Å². The molecule has 5 heteroatoms. The first-order chi connectivity index (χ1) is 11.9. The molecule has 0 saturated carbocycles. The average Bonchev–Trinajstić information content (AvgIpc) is 2.59. The van der Waals surface area contributed by atoms with Crippen LogP contribution in [0, 0.1) is 13.8 Å². The molecule has 3 rings (SSSR count). The van der Waals surface area contributed by atoms with E-state index in [9.17, 15) is 8.42 Å². The van der Waals surface area contributed by atoms with Crippen LogP contribution in [0.5, 0.6) is 0 Å². The van der Waals surface area contributed by atoms with Crippen molar-refractivity contribution in [2.75, 3.05) is 19.6 Å². The van der Waals surface area contributed by atoms with Crippen molar-refractivity contribution >= 4 is 10.0 Å². The molecular formula is C20H26N2O2S. The van der Waals surface area contributed by atoms with E-state index in [1.807, 2.05) is 44.2 Å². The number of aryl methyl sites for hydroxylation is 2. The van der Waals surface area contributed by atoms with Crippen LogP contribution in [0.15, 0.2) is 53.4 Å². The molecule has 1 aliphatic rings. The van der Waals surface area contributed by atoms with E-state index in [4.69, 9.17) is 0 Å². The minimum atomic E-state index is -3.44. The summed E-state index contributed by atoms with van der Waals surface area (Å²) >= 11 is 0. The summed E-state index contributed by atoms with van der Waals surface area (Å²) in [6, 6.07) is 16.1. The molecule has 0 bridgehead atoms. The second-order valence-corrected chi connectivity index (χ2v) is 8.84. The highest BCUT2D eigenvalue weighted by atomic mass is 32.2. The number of hydrogen-bond acceptors (Lipinski definition) is 3. The predicted molar refractivity (Wildman–Crippen MR) is 101 cm³/mol. The van der Waals surface area contributed by atoms with Gasteiger partial charge in [-0.15, -0.1) is 0 Å². The Morgan fingerprint density at radius 3 is 2.44 bits per heavy atom. The van der Waals surface area contributed by atoms with Crippen LogP contribution in [0.25, 0.3) is 0 Å². The van der Waals surface area contributed by atoms with Gasteiger partial charge in [0.15, 0.2) is 0 Å². The third-order valence-corrected chi connectivity index (χ3v) is 6.92. The number of piperazine rings is 1. The van der Waals surface area contributed by atoms with Gasteiger partial charge in [0, 0.05) is 32.2 Å². The van der Waals surface area contributed by atoms with Crippen molar-refractivity contribution in [2.24, 2.45) is 0 Å². The van der Waals surface area contributed by atoms with Crippen molar-refractivity contribution < 1.29 is 8.42 Å². The number of rotatable bonds is 4. The van der Waals surface area contributed by atoms with Gasteiger partial charge in [-0.1, -0.05) is 42.5 Å². The Labute approximate surface area is 151 Å². The van der Waals surface area contributed by atoms with Crippen molar-refractivity contribution in [1.29, 1.82) is 0 Å². The molecule has 0 aliphatic carbocycles. The van der Waals surface area contributed by atoms with Crippen LogP contribution < -0.4 is 0 Å². The predicted octanol–water partition coefficient (Wildman–Crippen LogP) is 3.20. The number of hydrogen-bond donors (Lipinski definition) is 0. The highest BCUT2D eigenvalue weighted by Gasteiger charge is 2.33. The summed E-state index contributed by atoms with van der Waals surface area (Å²) in [5, 5.41) is 0. The smallest absolute Gasteiger partial charge is 0.243 e. The number of benzene rings is 2. The second-order valence-electron chi connectivity index (χ2n) is 6.94. The van der Waals surface area contributed by atoms with Gasteiger partial charge in [0.05, 0.1) is 4.90 Å².